The second kappa shape index (κ2) is 8.33. The number of carboxylic acids is 1. The molecular weight excluding hydrogens is 336 g/mol. The summed E-state index contributed by atoms with van der Waals surface area (Å²) in [7, 11) is 0. The van der Waals surface area contributed by atoms with E-state index in [0.29, 0.717) is 23.7 Å². The van der Waals surface area contributed by atoms with Gasteiger partial charge in [-0.3, -0.25) is 4.79 Å². The van der Waals surface area contributed by atoms with Crippen molar-refractivity contribution >= 4 is 29.3 Å². The normalized spacial score (nSPS) is 12.3. The van der Waals surface area contributed by atoms with Gasteiger partial charge >= 0.3 is 5.97 Å². The Morgan fingerprint density at radius 3 is 2.83 bits per heavy atom. The molecule has 0 amide bonds. The number of nitrogens with two attached hydrogens (primary N) is 1. The van der Waals surface area contributed by atoms with Gasteiger partial charge < -0.3 is 10.8 Å². The van der Waals surface area contributed by atoms with Crippen LogP contribution in [-0.4, -0.2) is 43.9 Å². The number of aryl methyl sites for hydroxylation is 2. The molecule has 0 saturated carbocycles. The quantitative estimate of drug-likeness (QED) is 0.754. The van der Waals surface area contributed by atoms with E-state index in [1.807, 2.05) is 24.5 Å². The first kappa shape index (κ1) is 17.8. The van der Waals surface area contributed by atoms with Crippen molar-refractivity contribution in [3.63, 3.8) is 0 Å². The van der Waals surface area contributed by atoms with Gasteiger partial charge in [-0.2, -0.15) is 16.9 Å². The third-order valence-corrected chi connectivity index (χ3v) is 4.26. The summed E-state index contributed by atoms with van der Waals surface area (Å²) in [6.45, 7) is 0. The van der Waals surface area contributed by atoms with Crippen LogP contribution in [0, 0.1) is 0 Å². The lowest BCUT2D eigenvalue weighted by atomic mass is 10.1. The number of nitrogens with zero attached hydrogens (tertiary/aromatic N) is 3. The molecule has 124 valence electrons. The number of benzene rings is 1. The summed E-state index contributed by atoms with van der Waals surface area (Å²) in [4.78, 5) is 15.4. The van der Waals surface area contributed by atoms with Crippen LogP contribution < -0.4 is 5.73 Å². The lowest BCUT2D eigenvalue weighted by molar-refractivity contribution is -0.138. The average Bonchev–Trinajstić information content (AvgIpc) is 2.93. The van der Waals surface area contributed by atoms with Crippen molar-refractivity contribution in [2.45, 2.75) is 25.3 Å². The Morgan fingerprint density at radius 1 is 1.43 bits per heavy atom. The number of para-hydroxylation sites is 1. The Morgan fingerprint density at radius 2 is 2.17 bits per heavy atom. The first-order valence-electron chi connectivity index (χ1n) is 7.20. The SMILES string of the molecule is CSCCc1nc(CC[C@H](N)C(=O)O)n(-c2ccccc2Cl)n1. The number of carboxylic acid groups (broad SMARTS) is 1. The van der Waals surface area contributed by atoms with Gasteiger partial charge in [0, 0.05) is 18.6 Å². The molecule has 0 unspecified atom stereocenters. The van der Waals surface area contributed by atoms with Crippen molar-refractivity contribution in [2.75, 3.05) is 12.0 Å². The van der Waals surface area contributed by atoms with Crippen molar-refractivity contribution in [3.05, 3.63) is 40.9 Å². The van der Waals surface area contributed by atoms with Gasteiger partial charge in [-0.25, -0.2) is 9.67 Å². The molecule has 0 radical (unpaired) electrons. The second-order valence-electron chi connectivity index (χ2n) is 5.03. The molecule has 8 heteroatoms. The summed E-state index contributed by atoms with van der Waals surface area (Å²) in [5.74, 6) is 1.29. The summed E-state index contributed by atoms with van der Waals surface area (Å²) < 4.78 is 1.69. The molecule has 0 saturated heterocycles. The molecule has 23 heavy (non-hydrogen) atoms. The van der Waals surface area contributed by atoms with Gasteiger partial charge in [0.1, 0.15) is 11.9 Å². The predicted molar refractivity (Wildman–Crippen MR) is 92.4 cm³/mol. The van der Waals surface area contributed by atoms with Crippen molar-refractivity contribution in [1.82, 2.24) is 14.8 Å². The van der Waals surface area contributed by atoms with Crippen LogP contribution in [-0.2, 0) is 17.6 Å². The topological polar surface area (TPSA) is 94.0 Å². The van der Waals surface area contributed by atoms with E-state index in [-0.39, 0.29) is 0 Å². The standard InChI is InChI=1S/C15H19ClN4O2S/c1-23-9-8-13-18-14(7-6-11(17)15(21)22)20(19-13)12-5-3-2-4-10(12)16/h2-5,11H,6-9,17H2,1H3,(H,21,22)/t11-/m0/s1. The highest BCUT2D eigenvalue weighted by molar-refractivity contribution is 7.98. The van der Waals surface area contributed by atoms with Gasteiger partial charge in [0.15, 0.2) is 5.82 Å². The molecule has 1 heterocycles. The number of hydrogen-bond acceptors (Lipinski definition) is 5. The van der Waals surface area contributed by atoms with Gasteiger partial charge in [0.05, 0.1) is 10.7 Å². The molecule has 0 aliphatic heterocycles. The highest BCUT2D eigenvalue weighted by Gasteiger charge is 2.17. The van der Waals surface area contributed by atoms with Crippen LogP contribution in [0.2, 0.25) is 5.02 Å². The average molecular weight is 355 g/mol. The second-order valence-corrected chi connectivity index (χ2v) is 6.43. The number of thioether (sulfide) groups is 1. The Labute approximate surface area is 144 Å². The number of carbonyl (C=O) groups is 1. The van der Waals surface area contributed by atoms with Gasteiger partial charge in [0.25, 0.3) is 0 Å². The van der Waals surface area contributed by atoms with Crippen LogP contribution in [0.1, 0.15) is 18.1 Å². The van der Waals surface area contributed by atoms with Crippen molar-refractivity contribution in [3.8, 4) is 5.69 Å². The third-order valence-electron chi connectivity index (χ3n) is 3.32. The fourth-order valence-corrected chi connectivity index (χ4v) is 2.68. The predicted octanol–water partition coefficient (Wildman–Crippen LogP) is 2.17. The minimum absolute atomic E-state index is 0.292. The Hall–Kier alpha value is -1.57. The lowest BCUT2D eigenvalue weighted by Crippen LogP contribution is -2.30. The Bertz CT molecular complexity index is 677. The molecule has 1 atom stereocenters. The summed E-state index contributed by atoms with van der Waals surface area (Å²) >= 11 is 7.97. The molecule has 0 spiro atoms. The summed E-state index contributed by atoms with van der Waals surface area (Å²) in [5.41, 5.74) is 6.32. The third kappa shape index (κ3) is 4.70. The van der Waals surface area contributed by atoms with Crippen LogP contribution in [0.5, 0.6) is 0 Å². The number of hydrogen-bond donors (Lipinski definition) is 2. The first-order chi connectivity index (χ1) is 11.0. The number of aliphatic carboxylic acids is 1. The summed E-state index contributed by atoms with van der Waals surface area (Å²) in [6, 6.07) is 6.44. The maximum Gasteiger partial charge on any atom is 0.320 e. The van der Waals surface area contributed by atoms with Crippen LogP contribution in [0.3, 0.4) is 0 Å². The number of halogens is 1. The van der Waals surface area contributed by atoms with E-state index >= 15 is 0 Å². The molecule has 0 aliphatic rings. The van der Waals surface area contributed by atoms with Crippen molar-refractivity contribution in [1.29, 1.82) is 0 Å². The van der Waals surface area contributed by atoms with E-state index < -0.39 is 12.0 Å². The Kier molecular flexibility index (Phi) is 6.44. The fraction of sp³-hybridized carbons (Fsp3) is 0.400. The van der Waals surface area contributed by atoms with E-state index in [1.54, 1.807) is 22.5 Å². The lowest BCUT2D eigenvalue weighted by Gasteiger charge is -2.09. The first-order valence-corrected chi connectivity index (χ1v) is 8.97. The molecule has 2 rings (SSSR count). The molecule has 1 aromatic carbocycles. The minimum atomic E-state index is -1.02. The zero-order chi connectivity index (χ0) is 16.8. The summed E-state index contributed by atoms with van der Waals surface area (Å²) in [6.07, 6.45) is 3.49. The maximum atomic E-state index is 10.9. The van der Waals surface area contributed by atoms with E-state index in [9.17, 15) is 4.79 Å². The van der Waals surface area contributed by atoms with Crippen LogP contribution in [0.25, 0.3) is 5.69 Å². The van der Waals surface area contributed by atoms with Gasteiger partial charge in [-0.15, -0.1) is 0 Å². The zero-order valence-electron chi connectivity index (χ0n) is 12.8. The van der Waals surface area contributed by atoms with E-state index in [2.05, 4.69) is 10.1 Å². The van der Waals surface area contributed by atoms with E-state index in [0.717, 1.165) is 23.7 Å². The summed E-state index contributed by atoms with van der Waals surface area (Å²) in [5, 5.41) is 14.0. The van der Waals surface area contributed by atoms with Crippen molar-refractivity contribution < 1.29 is 9.90 Å². The van der Waals surface area contributed by atoms with Gasteiger partial charge in [-0.1, -0.05) is 23.7 Å². The zero-order valence-corrected chi connectivity index (χ0v) is 14.3. The minimum Gasteiger partial charge on any atom is -0.480 e. The molecule has 3 N–H and O–H groups in total. The highest BCUT2D eigenvalue weighted by atomic mass is 35.5. The van der Waals surface area contributed by atoms with Crippen LogP contribution in [0.15, 0.2) is 24.3 Å². The van der Waals surface area contributed by atoms with Gasteiger partial charge in [0.2, 0.25) is 0 Å². The highest BCUT2D eigenvalue weighted by Crippen LogP contribution is 2.21. The van der Waals surface area contributed by atoms with Gasteiger partial charge in [-0.05, 0) is 24.8 Å². The molecular formula is C15H19ClN4O2S. The molecule has 6 nitrogen and oxygen atoms in total. The molecule has 2 aromatic rings. The molecule has 1 aromatic heterocycles. The fourth-order valence-electron chi connectivity index (χ4n) is 2.08. The largest absolute Gasteiger partial charge is 0.480 e. The van der Waals surface area contributed by atoms with E-state index in [1.165, 1.54) is 0 Å². The molecule has 0 bridgehead atoms. The number of aromatic nitrogens is 3. The van der Waals surface area contributed by atoms with E-state index in [4.69, 9.17) is 22.4 Å². The maximum absolute atomic E-state index is 10.9. The Balaban J connectivity index is 2.29. The van der Waals surface area contributed by atoms with Crippen molar-refractivity contribution in [2.24, 2.45) is 5.73 Å². The van der Waals surface area contributed by atoms with Crippen LogP contribution in [0.4, 0.5) is 0 Å². The number of rotatable bonds is 8. The van der Waals surface area contributed by atoms with Crippen LogP contribution >= 0.6 is 23.4 Å². The smallest absolute Gasteiger partial charge is 0.320 e. The molecule has 0 aliphatic carbocycles. The monoisotopic (exact) mass is 354 g/mol. The molecule has 0 fully saturated rings.